The van der Waals surface area contributed by atoms with E-state index in [2.05, 4.69) is 23.7 Å². The van der Waals surface area contributed by atoms with Crippen LogP contribution in [0.5, 0.6) is 0 Å². The van der Waals surface area contributed by atoms with Gasteiger partial charge in [0.15, 0.2) is 0 Å². The van der Waals surface area contributed by atoms with Gasteiger partial charge < -0.3 is 4.74 Å². The highest BCUT2D eigenvalue weighted by Crippen LogP contribution is 2.08. The molecule has 0 N–H and O–H groups in total. The van der Waals surface area contributed by atoms with E-state index in [0.717, 1.165) is 38.5 Å². The van der Waals surface area contributed by atoms with E-state index in [1.807, 2.05) is 0 Å². The smallest absolute Gasteiger partial charge is 0.305 e. The molecule has 0 aliphatic heterocycles. The van der Waals surface area contributed by atoms with Crippen LogP contribution in [0.4, 0.5) is 0 Å². The lowest BCUT2D eigenvalue weighted by atomic mass is 10.1. The van der Waals surface area contributed by atoms with Crippen LogP contribution in [-0.4, -0.2) is 12.6 Å². The average molecular weight is 272 g/mol. The van der Waals surface area contributed by atoms with Crippen LogP contribution in [0.15, 0.2) is 0 Å². The minimum Gasteiger partial charge on any atom is -0.466 e. The van der Waals surface area contributed by atoms with E-state index >= 15 is 0 Å². The maximum Gasteiger partial charge on any atom is 0.305 e. The third kappa shape index (κ3) is 14.2. The molecular formula is C18H24O2. The summed E-state index contributed by atoms with van der Waals surface area (Å²) in [7, 11) is 0. The normalized spacial score (nSPS) is 8.90. The lowest BCUT2D eigenvalue weighted by Gasteiger charge is -2.03. The van der Waals surface area contributed by atoms with Gasteiger partial charge in [-0.25, -0.2) is 0 Å². The van der Waals surface area contributed by atoms with Crippen molar-refractivity contribution in [2.45, 2.75) is 64.2 Å². The Bertz CT molecular complexity index is 384. The summed E-state index contributed by atoms with van der Waals surface area (Å²) < 4.78 is 5.06. The third-order valence-corrected chi connectivity index (χ3v) is 2.82. The van der Waals surface area contributed by atoms with E-state index in [4.69, 9.17) is 17.6 Å². The maximum absolute atomic E-state index is 11.3. The van der Waals surface area contributed by atoms with Crippen molar-refractivity contribution in [3.63, 3.8) is 0 Å². The van der Waals surface area contributed by atoms with E-state index in [-0.39, 0.29) is 5.97 Å². The summed E-state index contributed by atoms with van der Waals surface area (Å²) in [6, 6.07) is 0. The van der Waals surface area contributed by atoms with Crippen molar-refractivity contribution >= 4 is 5.97 Å². The van der Waals surface area contributed by atoms with Gasteiger partial charge in [0.25, 0.3) is 0 Å². The van der Waals surface area contributed by atoms with Crippen LogP contribution in [-0.2, 0) is 9.53 Å². The first-order valence-electron chi connectivity index (χ1n) is 7.33. The molecule has 0 atom stereocenters. The quantitative estimate of drug-likeness (QED) is 0.326. The number of ether oxygens (including phenoxy) is 1. The lowest BCUT2D eigenvalue weighted by molar-refractivity contribution is -0.143. The zero-order chi connectivity index (χ0) is 14.9. The monoisotopic (exact) mass is 272 g/mol. The summed E-state index contributed by atoms with van der Waals surface area (Å²) in [5, 5.41) is 0. The van der Waals surface area contributed by atoms with Crippen LogP contribution in [0.25, 0.3) is 0 Å². The largest absolute Gasteiger partial charge is 0.466 e. The topological polar surface area (TPSA) is 26.3 Å². The number of esters is 1. The summed E-state index contributed by atoms with van der Waals surface area (Å²) in [4.78, 5) is 11.3. The summed E-state index contributed by atoms with van der Waals surface area (Å²) in [6.45, 7) is 0.446. The Morgan fingerprint density at radius 3 is 2.30 bits per heavy atom. The lowest BCUT2D eigenvalue weighted by Crippen LogP contribution is -2.05. The van der Waals surface area contributed by atoms with Crippen LogP contribution < -0.4 is 0 Å². The van der Waals surface area contributed by atoms with Crippen molar-refractivity contribution in [2.75, 3.05) is 6.61 Å². The second kappa shape index (κ2) is 15.2. The third-order valence-electron chi connectivity index (χ3n) is 2.82. The van der Waals surface area contributed by atoms with Gasteiger partial charge in [0.1, 0.15) is 0 Å². The van der Waals surface area contributed by atoms with E-state index in [1.165, 1.54) is 12.8 Å². The summed E-state index contributed by atoms with van der Waals surface area (Å²) >= 11 is 0. The van der Waals surface area contributed by atoms with Crippen LogP contribution >= 0.6 is 0 Å². The first-order chi connectivity index (χ1) is 9.81. The molecular weight excluding hydrogens is 248 g/mol. The van der Waals surface area contributed by atoms with Gasteiger partial charge in [-0.05, 0) is 31.1 Å². The fourth-order valence-electron chi connectivity index (χ4n) is 1.74. The summed E-state index contributed by atoms with van der Waals surface area (Å²) in [5.41, 5.74) is 0. The molecule has 0 amide bonds. The van der Waals surface area contributed by atoms with Gasteiger partial charge in [0, 0.05) is 19.3 Å². The van der Waals surface area contributed by atoms with Gasteiger partial charge in [-0.2, -0.15) is 0 Å². The summed E-state index contributed by atoms with van der Waals surface area (Å²) in [6.07, 6.45) is 19.6. The highest BCUT2D eigenvalue weighted by Gasteiger charge is 2.01. The van der Waals surface area contributed by atoms with E-state index in [9.17, 15) is 4.79 Å². The van der Waals surface area contributed by atoms with Crippen LogP contribution in [0.3, 0.4) is 0 Å². The van der Waals surface area contributed by atoms with Crippen molar-refractivity contribution in [3.05, 3.63) is 0 Å². The van der Waals surface area contributed by atoms with Crippen LogP contribution in [0.2, 0.25) is 0 Å². The van der Waals surface area contributed by atoms with Crippen molar-refractivity contribution in [1.82, 2.24) is 0 Å². The molecule has 0 saturated carbocycles. The highest BCUT2D eigenvalue weighted by molar-refractivity contribution is 5.69. The van der Waals surface area contributed by atoms with E-state index in [0.29, 0.717) is 19.4 Å². The number of rotatable bonds is 11. The molecule has 0 saturated heterocycles. The molecule has 2 heteroatoms. The molecule has 0 rings (SSSR count). The van der Waals surface area contributed by atoms with Crippen molar-refractivity contribution in [1.29, 1.82) is 0 Å². The molecule has 0 aromatic carbocycles. The van der Waals surface area contributed by atoms with Crippen LogP contribution in [0, 0.1) is 36.5 Å². The maximum atomic E-state index is 11.3. The Labute approximate surface area is 123 Å². The van der Waals surface area contributed by atoms with Crippen molar-refractivity contribution in [2.24, 2.45) is 0 Å². The van der Waals surface area contributed by atoms with Crippen molar-refractivity contribution < 1.29 is 9.53 Å². The predicted molar refractivity (Wildman–Crippen MR) is 82.6 cm³/mol. The first-order valence-corrected chi connectivity index (χ1v) is 7.33. The molecule has 0 fully saturated rings. The minimum atomic E-state index is -0.105. The molecule has 0 radical (unpaired) electrons. The number of unbranched alkanes of at least 4 members (excludes halogenated alkanes) is 7. The van der Waals surface area contributed by atoms with E-state index < -0.39 is 0 Å². The minimum absolute atomic E-state index is 0.105. The SMILES string of the molecule is C#CC#CCCCCCCCCC(=O)OCCCC#C. The van der Waals surface area contributed by atoms with Gasteiger partial charge in [0.2, 0.25) is 0 Å². The molecule has 0 aliphatic carbocycles. The number of carbonyl (C=O) groups excluding carboxylic acids is 1. The zero-order valence-corrected chi connectivity index (χ0v) is 12.2. The number of carbonyl (C=O) groups is 1. The molecule has 2 nitrogen and oxygen atoms in total. The number of terminal acetylenes is 2. The second-order valence-corrected chi connectivity index (χ2v) is 4.60. The average Bonchev–Trinajstić information content (AvgIpc) is 2.45. The molecule has 0 heterocycles. The fraction of sp³-hybridized carbons (Fsp3) is 0.611. The number of hydrogen-bond donors (Lipinski definition) is 0. The molecule has 0 aromatic rings. The fourth-order valence-corrected chi connectivity index (χ4v) is 1.74. The van der Waals surface area contributed by atoms with Gasteiger partial charge in [-0.1, -0.05) is 31.6 Å². The molecule has 0 bridgehead atoms. The second-order valence-electron chi connectivity index (χ2n) is 4.60. The Kier molecular flexibility index (Phi) is 13.8. The van der Waals surface area contributed by atoms with Gasteiger partial charge in [0.05, 0.1) is 6.61 Å². The Morgan fingerprint density at radius 1 is 0.900 bits per heavy atom. The van der Waals surface area contributed by atoms with Gasteiger partial charge >= 0.3 is 5.97 Å². The molecule has 0 aliphatic rings. The molecule has 0 aromatic heterocycles. The van der Waals surface area contributed by atoms with Crippen LogP contribution in [0.1, 0.15) is 64.2 Å². The number of hydrogen-bond acceptors (Lipinski definition) is 2. The molecule has 20 heavy (non-hydrogen) atoms. The van der Waals surface area contributed by atoms with Crippen molar-refractivity contribution in [3.8, 4) is 36.5 Å². The van der Waals surface area contributed by atoms with Gasteiger partial charge in [-0.3, -0.25) is 4.79 Å². The van der Waals surface area contributed by atoms with E-state index in [1.54, 1.807) is 0 Å². The molecule has 0 spiro atoms. The molecule has 108 valence electrons. The Balaban J connectivity index is 3.21. The van der Waals surface area contributed by atoms with Gasteiger partial charge in [-0.15, -0.1) is 18.8 Å². The zero-order valence-electron chi connectivity index (χ0n) is 12.2. The standard InChI is InChI=1S/C18H24O2/c1-3-5-7-8-9-10-11-12-13-14-16-18(19)20-17-15-6-4-2/h1-2H,6,8-17H2. The first kappa shape index (κ1) is 18.1. The highest BCUT2D eigenvalue weighted by atomic mass is 16.5. The Morgan fingerprint density at radius 2 is 1.60 bits per heavy atom. The predicted octanol–water partition coefficient (Wildman–Crippen LogP) is 3.70. The summed E-state index contributed by atoms with van der Waals surface area (Å²) in [5.74, 6) is 10.3. The Hall–Kier alpha value is -1.85. The molecule has 0 unspecified atom stereocenters.